The molecule has 0 unspecified atom stereocenters. The van der Waals surface area contributed by atoms with Gasteiger partial charge in [0, 0.05) is 35.2 Å². The van der Waals surface area contributed by atoms with Gasteiger partial charge in [-0.05, 0) is 31.2 Å². The molecule has 3 aromatic heterocycles. The van der Waals surface area contributed by atoms with Gasteiger partial charge in [0.15, 0.2) is 5.13 Å². The highest BCUT2D eigenvalue weighted by Gasteiger charge is 2.29. The summed E-state index contributed by atoms with van der Waals surface area (Å²) < 4.78 is 39.7. The van der Waals surface area contributed by atoms with E-state index in [0.29, 0.717) is 16.6 Å². The van der Waals surface area contributed by atoms with Crippen LogP contribution in [0.5, 0.6) is 0 Å². The number of anilines is 2. The quantitative estimate of drug-likeness (QED) is 0.450. The lowest BCUT2D eigenvalue weighted by Crippen LogP contribution is -2.23. The minimum atomic E-state index is -4.38. The third-order valence-corrected chi connectivity index (χ3v) is 5.31. The maximum Gasteiger partial charge on any atom is 0.416 e. The monoisotopic (exact) mass is 459 g/mol. The molecular weight excluding hydrogens is 443 g/mol. The first-order chi connectivity index (χ1) is 15.3. The van der Waals surface area contributed by atoms with Crippen molar-refractivity contribution in [2.24, 2.45) is 0 Å². The molecule has 0 aliphatic heterocycles. The van der Waals surface area contributed by atoms with Gasteiger partial charge in [-0.3, -0.25) is 9.36 Å². The van der Waals surface area contributed by atoms with Gasteiger partial charge in [0.2, 0.25) is 0 Å². The fourth-order valence-electron chi connectivity index (χ4n) is 2.79. The van der Waals surface area contributed by atoms with E-state index >= 15 is 0 Å². The smallest absolute Gasteiger partial charge is 0.346 e. The predicted octanol–water partition coefficient (Wildman–Crippen LogP) is 4.12. The fraction of sp³-hybridized carbons (Fsp3) is 0.150. The summed E-state index contributed by atoms with van der Waals surface area (Å²) in [4.78, 5) is 29.7. The number of benzene rings is 1. The highest BCUT2D eigenvalue weighted by Crippen LogP contribution is 2.30. The van der Waals surface area contributed by atoms with Crippen LogP contribution in [0.2, 0.25) is 0 Å². The first-order valence-corrected chi connectivity index (χ1v) is 10.1. The summed E-state index contributed by atoms with van der Waals surface area (Å²) in [6, 6.07) is 6.23. The molecule has 164 valence electrons. The van der Waals surface area contributed by atoms with E-state index in [-0.39, 0.29) is 18.1 Å². The summed E-state index contributed by atoms with van der Waals surface area (Å²) in [7, 11) is 0. The number of aryl methyl sites for hydroxylation is 1. The third kappa shape index (κ3) is 4.91. The maximum atomic E-state index is 12.7. The number of carbonyl (C=O) groups is 1. The standard InChI is InChI=1S/C20H16F3N7OS/c1-12-24-6-7-30(12)17-8-16(27-11-28-17)18(31)25-9-15-10-26-19(32-15)29-14-4-2-13(3-5-14)20(21,22)23/h2-8,10-11H,9H2,1H3,(H,25,31)(H,26,29). The second kappa shape index (κ2) is 8.75. The molecule has 0 spiro atoms. The Hall–Kier alpha value is -3.80. The number of alkyl halides is 3. The van der Waals surface area contributed by atoms with Crippen LogP contribution in [-0.4, -0.2) is 30.4 Å². The summed E-state index contributed by atoms with van der Waals surface area (Å²) >= 11 is 1.27. The molecule has 0 bridgehead atoms. The number of halogens is 3. The lowest BCUT2D eigenvalue weighted by molar-refractivity contribution is -0.137. The second-order valence-corrected chi connectivity index (χ2v) is 7.74. The van der Waals surface area contributed by atoms with Crippen LogP contribution in [0.4, 0.5) is 24.0 Å². The Morgan fingerprint density at radius 1 is 1.12 bits per heavy atom. The number of hydrogen-bond donors (Lipinski definition) is 2. The van der Waals surface area contributed by atoms with Crippen molar-refractivity contribution in [3.63, 3.8) is 0 Å². The maximum absolute atomic E-state index is 12.7. The molecule has 8 nitrogen and oxygen atoms in total. The SMILES string of the molecule is Cc1nccn1-c1cc(C(=O)NCc2cnc(Nc3ccc(C(F)(F)F)cc3)s2)ncn1. The van der Waals surface area contributed by atoms with Crippen molar-refractivity contribution in [1.29, 1.82) is 0 Å². The average Bonchev–Trinajstić information content (AvgIpc) is 3.40. The van der Waals surface area contributed by atoms with Gasteiger partial charge >= 0.3 is 6.18 Å². The van der Waals surface area contributed by atoms with E-state index in [1.165, 1.54) is 29.8 Å². The van der Waals surface area contributed by atoms with Crippen LogP contribution in [-0.2, 0) is 12.7 Å². The van der Waals surface area contributed by atoms with Gasteiger partial charge in [0.25, 0.3) is 5.91 Å². The predicted molar refractivity (Wildman–Crippen MR) is 112 cm³/mol. The Kier molecular flexibility index (Phi) is 5.86. The van der Waals surface area contributed by atoms with Crippen molar-refractivity contribution < 1.29 is 18.0 Å². The number of rotatable bonds is 6. The van der Waals surface area contributed by atoms with Crippen LogP contribution in [0.1, 0.15) is 26.8 Å². The van der Waals surface area contributed by atoms with Crippen molar-refractivity contribution in [2.75, 3.05) is 5.32 Å². The van der Waals surface area contributed by atoms with Crippen molar-refractivity contribution in [3.05, 3.63) is 77.2 Å². The molecule has 2 N–H and O–H groups in total. The van der Waals surface area contributed by atoms with Crippen LogP contribution in [0.15, 0.2) is 55.2 Å². The zero-order chi connectivity index (χ0) is 22.7. The van der Waals surface area contributed by atoms with E-state index in [1.807, 2.05) is 6.92 Å². The van der Waals surface area contributed by atoms with Gasteiger partial charge in [0.05, 0.1) is 12.1 Å². The summed E-state index contributed by atoms with van der Waals surface area (Å²) in [5, 5.41) is 6.21. The van der Waals surface area contributed by atoms with Crippen LogP contribution < -0.4 is 10.6 Å². The Balaban J connectivity index is 1.36. The number of imidazole rings is 1. The number of hydrogen-bond acceptors (Lipinski definition) is 7. The molecule has 0 fully saturated rings. The van der Waals surface area contributed by atoms with E-state index in [2.05, 4.69) is 30.6 Å². The van der Waals surface area contributed by atoms with Crippen LogP contribution >= 0.6 is 11.3 Å². The van der Waals surface area contributed by atoms with E-state index in [4.69, 9.17) is 0 Å². The second-order valence-electron chi connectivity index (χ2n) is 6.62. The molecule has 12 heteroatoms. The molecule has 4 rings (SSSR count). The average molecular weight is 459 g/mol. The zero-order valence-electron chi connectivity index (χ0n) is 16.6. The highest BCUT2D eigenvalue weighted by atomic mass is 32.1. The Morgan fingerprint density at radius 2 is 1.91 bits per heavy atom. The van der Waals surface area contributed by atoms with Gasteiger partial charge < -0.3 is 10.6 Å². The van der Waals surface area contributed by atoms with Gasteiger partial charge in [-0.1, -0.05) is 11.3 Å². The highest BCUT2D eigenvalue weighted by molar-refractivity contribution is 7.15. The summed E-state index contributed by atoms with van der Waals surface area (Å²) in [6.07, 6.45) is 1.88. The minimum Gasteiger partial charge on any atom is -0.346 e. The zero-order valence-corrected chi connectivity index (χ0v) is 17.4. The van der Waals surface area contributed by atoms with Crippen LogP contribution in [0.25, 0.3) is 5.82 Å². The number of aromatic nitrogens is 5. The van der Waals surface area contributed by atoms with Crippen LogP contribution in [0.3, 0.4) is 0 Å². The molecule has 4 aromatic rings. The molecule has 0 saturated carbocycles. The Bertz CT molecular complexity index is 1230. The minimum absolute atomic E-state index is 0.204. The molecule has 1 aromatic carbocycles. The van der Waals surface area contributed by atoms with Gasteiger partial charge in [-0.25, -0.2) is 19.9 Å². The molecule has 3 heterocycles. The van der Waals surface area contributed by atoms with Gasteiger partial charge in [0.1, 0.15) is 23.7 Å². The first kappa shape index (κ1) is 21.4. The topological polar surface area (TPSA) is 97.6 Å². The van der Waals surface area contributed by atoms with Crippen molar-refractivity contribution in [3.8, 4) is 5.82 Å². The first-order valence-electron chi connectivity index (χ1n) is 9.29. The molecular formula is C20H16F3N7OS. The van der Waals surface area contributed by atoms with E-state index in [0.717, 1.165) is 22.8 Å². The Morgan fingerprint density at radius 3 is 2.59 bits per heavy atom. The number of nitrogens with one attached hydrogen (secondary N) is 2. The van der Waals surface area contributed by atoms with Crippen molar-refractivity contribution in [2.45, 2.75) is 19.6 Å². The molecule has 0 aliphatic rings. The lowest BCUT2D eigenvalue weighted by atomic mass is 10.2. The lowest BCUT2D eigenvalue weighted by Gasteiger charge is -2.08. The van der Waals surface area contributed by atoms with Crippen molar-refractivity contribution >= 4 is 28.1 Å². The number of amides is 1. The largest absolute Gasteiger partial charge is 0.416 e. The van der Waals surface area contributed by atoms with E-state index in [9.17, 15) is 18.0 Å². The van der Waals surface area contributed by atoms with Gasteiger partial charge in [-0.2, -0.15) is 13.2 Å². The van der Waals surface area contributed by atoms with E-state index < -0.39 is 11.7 Å². The van der Waals surface area contributed by atoms with E-state index in [1.54, 1.807) is 29.2 Å². The van der Waals surface area contributed by atoms with Crippen LogP contribution in [0, 0.1) is 6.92 Å². The normalized spacial score (nSPS) is 11.4. The molecule has 0 atom stereocenters. The molecule has 1 amide bonds. The molecule has 0 aliphatic carbocycles. The van der Waals surface area contributed by atoms with Crippen molar-refractivity contribution in [1.82, 2.24) is 29.8 Å². The fourth-order valence-corrected chi connectivity index (χ4v) is 3.57. The summed E-state index contributed by atoms with van der Waals surface area (Å²) in [6.45, 7) is 2.04. The number of nitrogens with zero attached hydrogens (tertiary/aromatic N) is 5. The summed E-state index contributed by atoms with van der Waals surface area (Å²) in [5.41, 5.74) is -0.0383. The summed E-state index contributed by atoms with van der Waals surface area (Å²) in [5.74, 6) is 0.880. The molecule has 0 radical (unpaired) electrons. The number of thiazole rings is 1. The third-order valence-electron chi connectivity index (χ3n) is 4.40. The molecule has 0 saturated heterocycles. The molecule has 32 heavy (non-hydrogen) atoms. The van der Waals surface area contributed by atoms with Gasteiger partial charge in [-0.15, -0.1) is 0 Å². The Labute approximate surface area is 184 Å². The number of carbonyl (C=O) groups excluding carboxylic acids is 1.